The predicted molar refractivity (Wildman–Crippen MR) is 111 cm³/mol. The van der Waals surface area contributed by atoms with Gasteiger partial charge in [0.25, 0.3) is 5.91 Å². The molecule has 0 saturated heterocycles. The van der Waals surface area contributed by atoms with Crippen molar-refractivity contribution in [3.8, 4) is 28.6 Å². The zero-order valence-electron chi connectivity index (χ0n) is 17.0. The largest absolute Gasteiger partial charge is 0.494 e. The Morgan fingerprint density at radius 1 is 1.13 bits per heavy atom. The average Bonchev–Trinajstić information content (AvgIpc) is 3.37. The van der Waals surface area contributed by atoms with Crippen LogP contribution in [0.25, 0.3) is 11.3 Å². The van der Waals surface area contributed by atoms with E-state index < -0.39 is 0 Å². The van der Waals surface area contributed by atoms with Gasteiger partial charge in [-0.2, -0.15) is 0 Å². The van der Waals surface area contributed by atoms with E-state index >= 15 is 0 Å². The lowest BCUT2D eigenvalue weighted by Crippen LogP contribution is -2.28. The zero-order chi connectivity index (χ0) is 20.9. The zero-order valence-corrected chi connectivity index (χ0v) is 17.0. The summed E-state index contributed by atoms with van der Waals surface area (Å²) in [4.78, 5) is 12.1. The second kappa shape index (κ2) is 8.90. The third kappa shape index (κ3) is 4.74. The van der Waals surface area contributed by atoms with E-state index in [0.717, 1.165) is 29.0 Å². The number of rotatable bonds is 8. The maximum Gasteiger partial charge on any atom is 0.258 e. The van der Waals surface area contributed by atoms with Gasteiger partial charge in [-0.3, -0.25) is 4.79 Å². The molecule has 1 amide bonds. The number of ether oxygens (including phenoxy) is 3. The van der Waals surface area contributed by atoms with E-state index in [0.29, 0.717) is 23.8 Å². The highest BCUT2D eigenvalue weighted by Gasteiger charge is 2.20. The van der Waals surface area contributed by atoms with Crippen LogP contribution in [-0.4, -0.2) is 30.4 Å². The first-order chi connectivity index (χ1) is 14.6. The van der Waals surface area contributed by atoms with E-state index in [1.54, 1.807) is 24.3 Å². The van der Waals surface area contributed by atoms with E-state index in [4.69, 9.17) is 18.7 Å². The van der Waals surface area contributed by atoms with Crippen LogP contribution < -0.4 is 19.5 Å². The summed E-state index contributed by atoms with van der Waals surface area (Å²) in [5, 5.41) is 6.82. The van der Waals surface area contributed by atoms with Crippen LogP contribution in [0, 0.1) is 0 Å². The molecule has 30 heavy (non-hydrogen) atoms. The third-order valence-electron chi connectivity index (χ3n) is 4.71. The number of nitrogens with one attached hydrogen (secondary N) is 1. The van der Waals surface area contributed by atoms with Crippen molar-refractivity contribution in [2.45, 2.75) is 32.9 Å². The summed E-state index contributed by atoms with van der Waals surface area (Å²) in [5.41, 5.74) is 2.75. The highest BCUT2D eigenvalue weighted by molar-refractivity contribution is 5.77. The summed E-state index contributed by atoms with van der Waals surface area (Å²) in [6, 6.07) is 14.9. The van der Waals surface area contributed by atoms with Crippen LogP contribution in [-0.2, 0) is 17.8 Å². The number of hydrogen-bond acceptors (Lipinski definition) is 6. The lowest BCUT2D eigenvalue weighted by molar-refractivity contribution is -0.123. The minimum Gasteiger partial charge on any atom is -0.494 e. The van der Waals surface area contributed by atoms with Crippen molar-refractivity contribution >= 4 is 5.91 Å². The Hall–Kier alpha value is -3.48. The number of carbonyl (C=O) groups excluding carboxylic acids is 1. The smallest absolute Gasteiger partial charge is 0.258 e. The lowest BCUT2D eigenvalue weighted by atomic mass is 10.1. The minimum atomic E-state index is -0.239. The number of nitrogens with zero attached hydrogens (tertiary/aromatic N) is 1. The van der Waals surface area contributed by atoms with Crippen molar-refractivity contribution in [3.05, 3.63) is 59.8 Å². The Bertz CT molecular complexity index is 1010. The normalized spacial score (nSPS) is 14.7. The Labute approximate surface area is 174 Å². The number of benzene rings is 2. The van der Waals surface area contributed by atoms with E-state index in [-0.39, 0.29) is 25.2 Å². The molecule has 1 aromatic heterocycles. The molecule has 156 valence electrons. The van der Waals surface area contributed by atoms with Gasteiger partial charge in [0.05, 0.1) is 13.2 Å². The van der Waals surface area contributed by atoms with E-state index in [1.807, 2.05) is 25.1 Å². The Morgan fingerprint density at radius 2 is 1.90 bits per heavy atom. The maximum atomic E-state index is 12.1. The SMILES string of the molecule is CCOc1ccc(OCC(=O)NCc2cc(-c3ccc4c(c3)CC(C)O4)on2)cc1. The fourth-order valence-electron chi connectivity index (χ4n) is 3.29. The number of fused-ring (bicyclic) bond motifs is 1. The summed E-state index contributed by atoms with van der Waals surface area (Å²) in [5.74, 6) is 2.71. The van der Waals surface area contributed by atoms with E-state index in [1.165, 1.54) is 0 Å². The number of hydrogen-bond donors (Lipinski definition) is 1. The summed E-state index contributed by atoms with van der Waals surface area (Å²) in [6.45, 7) is 4.76. The number of amides is 1. The van der Waals surface area contributed by atoms with Gasteiger partial charge in [0.2, 0.25) is 0 Å². The van der Waals surface area contributed by atoms with Crippen LogP contribution in [0.4, 0.5) is 0 Å². The maximum absolute atomic E-state index is 12.1. The van der Waals surface area contributed by atoms with E-state index in [2.05, 4.69) is 23.5 Å². The molecule has 0 radical (unpaired) electrons. The second-order valence-corrected chi connectivity index (χ2v) is 7.11. The summed E-state index contributed by atoms with van der Waals surface area (Å²) in [6.07, 6.45) is 1.08. The minimum absolute atomic E-state index is 0.0817. The highest BCUT2D eigenvalue weighted by atomic mass is 16.5. The Kier molecular flexibility index (Phi) is 5.88. The third-order valence-corrected chi connectivity index (χ3v) is 4.71. The van der Waals surface area contributed by atoms with Gasteiger partial charge in [-0.15, -0.1) is 0 Å². The van der Waals surface area contributed by atoms with Crippen LogP contribution in [0.15, 0.2) is 53.1 Å². The molecule has 0 spiro atoms. The van der Waals surface area contributed by atoms with Gasteiger partial charge < -0.3 is 24.1 Å². The molecule has 0 bridgehead atoms. The molecule has 7 nitrogen and oxygen atoms in total. The number of carbonyl (C=O) groups is 1. The molecule has 0 aliphatic carbocycles. The van der Waals surface area contributed by atoms with Crippen molar-refractivity contribution in [2.24, 2.45) is 0 Å². The molecule has 1 aliphatic heterocycles. The van der Waals surface area contributed by atoms with Crippen molar-refractivity contribution in [2.75, 3.05) is 13.2 Å². The first-order valence-corrected chi connectivity index (χ1v) is 9.98. The molecule has 0 fully saturated rings. The first-order valence-electron chi connectivity index (χ1n) is 9.98. The van der Waals surface area contributed by atoms with Gasteiger partial charge in [-0.25, -0.2) is 0 Å². The van der Waals surface area contributed by atoms with Crippen LogP contribution >= 0.6 is 0 Å². The fraction of sp³-hybridized carbons (Fsp3) is 0.304. The molecule has 4 rings (SSSR count). The van der Waals surface area contributed by atoms with Gasteiger partial charge in [0, 0.05) is 18.1 Å². The summed E-state index contributed by atoms with van der Waals surface area (Å²) < 4.78 is 22.0. The molecule has 7 heteroatoms. The van der Waals surface area contributed by atoms with Crippen molar-refractivity contribution in [1.29, 1.82) is 0 Å². The first kappa shape index (κ1) is 19.8. The number of aromatic nitrogens is 1. The van der Waals surface area contributed by atoms with Gasteiger partial charge in [0.1, 0.15) is 29.0 Å². The van der Waals surface area contributed by atoms with Crippen molar-refractivity contribution in [3.63, 3.8) is 0 Å². The molecule has 2 heterocycles. The summed E-state index contributed by atoms with van der Waals surface area (Å²) in [7, 11) is 0. The van der Waals surface area contributed by atoms with Crippen LogP contribution in [0.3, 0.4) is 0 Å². The molecule has 3 aromatic rings. The molecule has 1 unspecified atom stereocenters. The van der Waals surface area contributed by atoms with Gasteiger partial charge in [-0.1, -0.05) is 5.16 Å². The van der Waals surface area contributed by atoms with Crippen LogP contribution in [0.5, 0.6) is 17.2 Å². The van der Waals surface area contributed by atoms with Gasteiger partial charge in [0.15, 0.2) is 12.4 Å². The predicted octanol–water partition coefficient (Wildman–Crippen LogP) is 3.76. The van der Waals surface area contributed by atoms with Crippen LogP contribution in [0.1, 0.15) is 25.1 Å². The van der Waals surface area contributed by atoms with Crippen molar-refractivity contribution < 1.29 is 23.5 Å². The molecular formula is C23H24N2O5. The monoisotopic (exact) mass is 408 g/mol. The molecular weight excluding hydrogens is 384 g/mol. The highest BCUT2D eigenvalue weighted by Crippen LogP contribution is 2.33. The van der Waals surface area contributed by atoms with E-state index in [9.17, 15) is 4.79 Å². The second-order valence-electron chi connectivity index (χ2n) is 7.11. The fourth-order valence-corrected chi connectivity index (χ4v) is 3.29. The molecule has 1 atom stereocenters. The molecule has 1 aliphatic rings. The summed E-state index contributed by atoms with van der Waals surface area (Å²) >= 11 is 0. The standard InChI is InChI=1S/C23H24N2O5/c1-3-27-19-5-7-20(8-6-19)28-14-23(26)24-13-18-12-22(30-25-18)16-4-9-21-17(11-16)10-15(2)29-21/h4-9,11-12,15H,3,10,13-14H2,1-2H3,(H,24,26). The van der Waals surface area contributed by atoms with Gasteiger partial charge in [-0.05, 0) is 61.9 Å². The molecule has 2 aromatic carbocycles. The Balaban J connectivity index is 1.27. The molecule has 0 saturated carbocycles. The lowest BCUT2D eigenvalue weighted by Gasteiger charge is -2.07. The van der Waals surface area contributed by atoms with Crippen molar-refractivity contribution in [1.82, 2.24) is 10.5 Å². The van der Waals surface area contributed by atoms with Gasteiger partial charge >= 0.3 is 0 Å². The quantitative estimate of drug-likeness (QED) is 0.611. The average molecular weight is 408 g/mol. The Morgan fingerprint density at radius 3 is 2.67 bits per heavy atom. The van der Waals surface area contributed by atoms with Crippen LogP contribution in [0.2, 0.25) is 0 Å². The topological polar surface area (TPSA) is 82.8 Å². The molecule has 1 N–H and O–H groups in total.